The molecule has 3 aliphatic rings. The summed E-state index contributed by atoms with van der Waals surface area (Å²) in [6.45, 7) is 31.7. The van der Waals surface area contributed by atoms with E-state index in [2.05, 4.69) is 420 Å². The first-order valence-electron chi connectivity index (χ1n) is 44.6. The summed E-state index contributed by atoms with van der Waals surface area (Å²) in [5.41, 5.74) is 27.3. The minimum Gasteiger partial charge on any atom is -0.487 e. The Morgan fingerprint density at radius 2 is 0.478 bits per heavy atom. The lowest BCUT2D eigenvalue weighted by atomic mass is 9.85. The number of alkyl halides is 3. The topological polar surface area (TPSA) is 27.7 Å². The zero-order valence-electron chi connectivity index (χ0n) is 81.1. The zero-order chi connectivity index (χ0) is 99.3. The largest absolute Gasteiger partial charge is 0.487 e. The van der Waals surface area contributed by atoms with Gasteiger partial charge in [-0.05, 0) is 453 Å². The average molecular weight is 2160 g/mol. The fourth-order valence-corrected chi connectivity index (χ4v) is 22.9. The lowest BCUT2D eigenvalue weighted by molar-refractivity contribution is -0.110. The van der Waals surface area contributed by atoms with Crippen LogP contribution < -0.4 is 14.2 Å². The second-order valence-corrected chi connectivity index (χ2v) is 43.6. The standard InChI is InChI=1S/C10H14S.3C10H8S.C8H6S.C6H6O2S.2C6H8S.C5H4OS.8C5H6S.C2H3F3.C2H6/c4*1-2-4-9(5-3-1)10-6-7-11-8-10;1-2-4-8-6-9-5-7(8)3-1;1-2-8-6-4-9-3-5(6)7-1;2*1-5-3-7-4-6(5)2;1-4-2-7-3-5(4)6-1;8*1-5-2-3-6-4-5;1-2(3,4)5;1-2/h6-9H,1-5H2;3*1-8H;1-6H;3-4H,1-2H2;2*3-4H,1-2H3;2-3H,1H2;8*2-4H,1H3;1H3;1-2H3. The van der Waals surface area contributed by atoms with Crippen LogP contribution in [0.1, 0.15) is 137 Å². The molecular formula is C115H127F3O3S17. The number of benzene rings is 4. The molecule has 138 heavy (non-hydrogen) atoms. The number of hydrogen-bond donors (Lipinski definition) is 0. The molecule has 0 saturated heterocycles. The molecule has 0 unspecified atom stereocenters. The van der Waals surface area contributed by atoms with Crippen molar-refractivity contribution in [3.05, 3.63) is 449 Å². The van der Waals surface area contributed by atoms with Crippen LogP contribution in [-0.4, -0.2) is 19.4 Å². The van der Waals surface area contributed by atoms with Crippen LogP contribution in [0.15, 0.2) is 371 Å². The molecule has 1 saturated carbocycles. The molecule has 23 heteroatoms. The van der Waals surface area contributed by atoms with Gasteiger partial charge in [-0.3, -0.25) is 0 Å². The predicted octanol–water partition coefficient (Wildman–Crippen LogP) is 43.9. The van der Waals surface area contributed by atoms with Gasteiger partial charge < -0.3 is 14.2 Å². The summed E-state index contributed by atoms with van der Waals surface area (Å²) in [5.74, 6) is 3.78. The van der Waals surface area contributed by atoms with E-state index in [0.717, 1.165) is 29.8 Å². The maximum absolute atomic E-state index is 10.4. The molecule has 1 aliphatic carbocycles. The summed E-state index contributed by atoms with van der Waals surface area (Å²) < 4.78 is 46.6. The number of hydrogen-bond acceptors (Lipinski definition) is 20. The fourth-order valence-electron chi connectivity index (χ4n) is 10.9. The van der Waals surface area contributed by atoms with Gasteiger partial charge in [0, 0.05) is 34.0 Å². The van der Waals surface area contributed by atoms with Crippen molar-refractivity contribution < 1.29 is 27.4 Å². The van der Waals surface area contributed by atoms with Crippen LogP contribution in [0.5, 0.6) is 17.2 Å². The van der Waals surface area contributed by atoms with Crippen molar-refractivity contribution in [2.75, 3.05) is 13.2 Å². The van der Waals surface area contributed by atoms with Crippen molar-refractivity contribution in [2.24, 2.45) is 0 Å². The van der Waals surface area contributed by atoms with Crippen LogP contribution in [0.25, 0.3) is 44.2 Å². The van der Waals surface area contributed by atoms with E-state index < -0.39 is 6.18 Å². The fraction of sp³-hybridized carbons (Fsp3) is 0.217. The highest BCUT2D eigenvalue weighted by Gasteiger charge is 2.17. The summed E-state index contributed by atoms with van der Waals surface area (Å²) in [5, 5.41) is 74.7. The number of ether oxygens (including phenoxy) is 3. The molecule has 0 spiro atoms. The molecule has 0 radical (unpaired) electrons. The third-order valence-corrected chi connectivity index (χ3v) is 32.1. The smallest absolute Gasteiger partial charge is 0.386 e. The lowest BCUT2D eigenvalue weighted by Crippen LogP contribution is -2.13. The SMILES string of the molecule is CC.CC(F)(F)F.Cc1ccsc1.Cc1ccsc1.Cc1ccsc1.Cc1ccsc1.Cc1ccsc1.Cc1ccsc1.Cc1ccsc1.Cc1ccsc1.Cc1cscc1C.Cc1cscc1C.c1cc(C2CCCCC2)cs1.c1ccc(-c2ccsc2)cc1.c1ccc(-c2ccsc2)cc1.c1ccc(-c2ccsc2)cc1.c1ccc2cscc2c1.c1scc2c1CO2.c1scc2c1OCCO2. The molecule has 728 valence electrons. The van der Waals surface area contributed by atoms with Crippen molar-refractivity contribution in [2.45, 2.75) is 155 Å². The van der Waals surface area contributed by atoms with Crippen LogP contribution in [0.2, 0.25) is 0 Å². The molecule has 17 aromatic heterocycles. The maximum Gasteiger partial charge on any atom is 0.386 e. The second-order valence-electron chi connectivity index (χ2n) is 30.5. The molecule has 0 N–H and O–H groups in total. The van der Waals surface area contributed by atoms with Crippen LogP contribution in [-0.2, 0) is 6.61 Å². The first-order chi connectivity index (χ1) is 67.0. The Balaban J connectivity index is 0.000000225. The third-order valence-electron chi connectivity index (χ3n) is 18.7. The van der Waals surface area contributed by atoms with E-state index in [1.807, 2.05) is 59.5 Å². The summed E-state index contributed by atoms with van der Waals surface area (Å²) >= 11 is 29.5. The highest BCUT2D eigenvalue weighted by atomic mass is 32.2. The van der Waals surface area contributed by atoms with Crippen molar-refractivity contribution in [1.82, 2.24) is 0 Å². The Morgan fingerprint density at radius 3 is 0.681 bits per heavy atom. The molecule has 4 aromatic carbocycles. The van der Waals surface area contributed by atoms with Gasteiger partial charge >= 0.3 is 6.18 Å². The molecule has 0 atom stereocenters. The Hall–Kier alpha value is -8.77. The van der Waals surface area contributed by atoms with Crippen molar-refractivity contribution in [3.8, 4) is 50.6 Å². The molecule has 0 amide bonds. The molecular weight excluding hydrogens is 2030 g/mol. The van der Waals surface area contributed by atoms with Crippen molar-refractivity contribution >= 4 is 203 Å². The Kier molecular flexibility index (Phi) is 62.7. The van der Waals surface area contributed by atoms with Gasteiger partial charge in [-0.2, -0.15) is 183 Å². The molecule has 21 aromatic rings. The van der Waals surface area contributed by atoms with Gasteiger partial charge in [0.25, 0.3) is 0 Å². The Labute approximate surface area is 888 Å². The highest BCUT2D eigenvalue weighted by molar-refractivity contribution is 7.12. The van der Waals surface area contributed by atoms with Crippen LogP contribution in [0.3, 0.4) is 0 Å². The molecule has 0 bridgehead atoms. The first kappa shape index (κ1) is 118. The minimum absolute atomic E-state index is 0.188. The summed E-state index contributed by atoms with van der Waals surface area (Å²) in [6, 6.07) is 65.2. The number of fused-ring (bicyclic) bond motifs is 3. The van der Waals surface area contributed by atoms with Crippen LogP contribution in [0.4, 0.5) is 13.2 Å². The molecule has 19 heterocycles. The zero-order valence-corrected chi connectivity index (χ0v) is 94.9. The van der Waals surface area contributed by atoms with E-state index in [9.17, 15) is 13.2 Å². The van der Waals surface area contributed by atoms with Crippen LogP contribution >= 0.6 is 193 Å². The highest BCUT2D eigenvalue weighted by Crippen LogP contribution is 2.36. The van der Waals surface area contributed by atoms with E-state index in [1.165, 1.54) is 149 Å². The van der Waals surface area contributed by atoms with Gasteiger partial charge in [0.05, 0.1) is 0 Å². The Morgan fingerprint density at radius 1 is 0.232 bits per heavy atom. The number of halogens is 3. The quantitative estimate of drug-likeness (QED) is 0.176. The number of rotatable bonds is 4. The number of aryl methyl sites for hydroxylation is 12. The van der Waals surface area contributed by atoms with Gasteiger partial charge in [-0.15, -0.1) is 22.7 Å². The van der Waals surface area contributed by atoms with E-state index in [1.54, 1.807) is 187 Å². The molecule has 3 nitrogen and oxygen atoms in total. The normalized spacial score (nSPS) is 10.9. The van der Waals surface area contributed by atoms with E-state index in [4.69, 9.17) is 14.2 Å². The van der Waals surface area contributed by atoms with Crippen LogP contribution in [0, 0.1) is 83.1 Å². The van der Waals surface area contributed by atoms with Gasteiger partial charge in [0.1, 0.15) is 25.6 Å². The van der Waals surface area contributed by atoms with Gasteiger partial charge in [-0.25, -0.2) is 0 Å². The first-order valence-corrected chi connectivity index (χ1v) is 60.7. The Bertz CT molecular complexity index is 5380. The molecule has 1 fully saturated rings. The van der Waals surface area contributed by atoms with Gasteiger partial charge in [0.15, 0.2) is 11.5 Å². The summed E-state index contributed by atoms with van der Waals surface area (Å²) in [7, 11) is 0. The van der Waals surface area contributed by atoms with Crippen molar-refractivity contribution in [1.29, 1.82) is 0 Å². The van der Waals surface area contributed by atoms with Gasteiger partial charge in [0.2, 0.25) is 0 Å². The third kappa shape index (κ3) is 54.9. The van der Waals surface area contributed by atoms with E-state index >= 15 is 0 Å². The molecule has 24 rings (SSSR count). The number of thiophene rings is 17. The summed E-state index contributed by atoms with van der Waals surface area (Å²) in [4.78, 5) is 0. The van der Waals surface area contributed by atoms with E-state index in [-0.39, 0.29) is 6.92 Å². The maximum atomic E-state index is 10.4. The predicted molar refractivity (Wildman–Crippen MR) is 628 cm³/mol. The second kappa shape index (κ2) is 73.3. The van der Waals surface area contributed by atoms with Gasteiger partial charge in [-0.1, -0.05) is 148 Å². The van der Waals surface area contributed by atoms with Crippen molar-refractivity contribution in [3.63, 3.8) is 0 Å². The molecule has 2 aliphatic heterocycles. The minimum atomic E-state index is -4.00. The van der Waals surface area contributed by atoms with E-state index in [0.29, 0.717) is 13.2 Å². The average Bonchev–Trinajstić information content (AvgIpc) is 1.70. The monoisotopic (exact) mass is 2160 g/mol. The lowest BCUT2D eigenvalue weighted by Gasteiger charge is -2.20. The summed E-state index contributed by atoms with van der Waals surface area (Å²) in [6.07, 6.45) is 3.20.